The van der Waals surface area contributed by atoms with Crippen molar-refractivity contribution in [3.8, 4) is 5.75 Å². The molecule has 0 spiro atoms. The molecule has 19 heteroatoms. The second kappa shape index (κ2) is 10.8. The Balaban J connectivity index is 3.56. The Bertz CT molecular complexity index is 1030. The maximum Gasteiger partial charge on any atom is 0.460 e. The minimum atomic E-state index is -8.67. The molecule has 1 atom stereocenters. The molecular weight excluding hydrogens is 619 g/mol. The fraction of sp³-hybridized carbons (Fsp3) is 0.727. The number of benzene rings is 1. The van der Waals surface area contributed by atoms with Crippen LogP contribution in [0.25, 0.3) is 0 Å². The molecule has 0 saturated carbocycles. The standard InChI is InChI=1S/C22H21F17O2/c1-11(2)9-41-13-7-5-12(6-8-13)14(3,40-4)10-15(23,24)16(25,26)17(27,28)18(29,30)19(31,32)20(33,34)21(35,36)22(37,38)39/h5-8,11H,9-10H2,1-4H3. The van der Waals surface area contributed by atoms with Crippen LogP contribution in [0.3, 0.4) is 0 Å². The Morgan fingerprint density at radius 2 is 0.951 bits per heavy atom. The van der Waals surface area contributed by atoms with Crippen LogP contribution in [0.1, 0.15) is 32.8 Å². The quantitative estimate of drug-likeness (QED) is 0.201. The van der Waals surface area contributed by atoms with Gasteiger partial charge in [-0.3, -0.25) is 0 Å². The molecule has 2 nitrogen and oxygen atoms in total. The van der Waals surface area contributed by atoms with E-state index in [9.17, 15) is 74.6 Å². The number of methoxy groups -OCH3 is 1. The lowest BCUT2D eigenvalue weighted by Crippen LogP contribution is -2.74. The summed E-state index contributed by atoms with van der Waals surface area (Å²) in [6, 6.07) is 3.84. The number of halogens is 17. The van der Waals surface area contributed by atoms with Gasteiger partial charge < -0.3 is 9.47 Å². The first-order valence-corrected chi connectivity index (χ1v) is 10.9. The van der Waals surface area contributed by atoms with E-state index in [1.807, 2.05) is 0 Å². The highest BCUT2D eigenvalue weighted by Crippen LogP contribution is 2.64. The van der Waals surface area contributed by atoms with E-state index in [0.717, 1.165) is 24.3 Å². The zero-order chi connectivity index (χ0) is 32.9. The van der Waals surface area contributed by atoms with Crippen LogP contribution in [0.15, 0.2) is 24.3 Å². The summed E-state index contributed by atoms with van der Waals surface area (Å²) in [4.78, 5) is 0. The van der Waals surface area contributed by atoms with E-state index in [2.05, 4.69) is 4.74 Å². The normalized spacial score (nSPS) is 16.6. The van der Waals surface area contributed by atoms with Crippen LogP contribution in [-0.2, 0) is 10.3 Å². The number of hydrogen-bond donors (Lipinski definition) is 0. The van der Waals surface area contributed by atoms with Crippen molar-refractivity contribution in [2.24, 2.45) is 5.92 Å². The van der Waals surface area contributed by atoms with Gasteiger partial charge in [-0.05, 0) is 30.5 Å². The maximum absolute atomic E-state index is 14.6. The molecule has 0 aliphatic carbocycles. The fourth-order valence-corrected chi connectivity index (χ4v) is 3.19. The molecule has 0 bridgehead atoms. The molecule has 1 aromatic carbocycles. The highest BCUT2D eigenvalue weighted by atomic mass is 19.4. The van der Waals surface area contributed by atoms with Crippen molar-refractivity contribution >= 4 is 0 Å². The largest absolute Gasteiger partial charge is 0.493 e. The van der Waals surface area contributed by atoms with Gasteiger partial charge in [0.2, 0.25) is 0 Å². The van der Waals surface area contributed by atoms with Gasteiger partial charge in [-0.25, -0.2) is 0 Å². The lowest BCUT2D eigenvalue weighted by molar-refractivity contribution is -0.462. The van der Waals surface area contributed by atoms with E-state index in [0.29, 0.717) is 14.0 Å². The third kappa shape index (κ3) is 5.87. The summed E-state index contributed by atoms with van der Waals surface area (Å²) in [5, 5.41) is 0. The van der Waals surface area contributed by atoms with Gasteiger partial charge in [0.1, 0.15) is 5.75 Å². The second-order valence-electron chi connectivity index (χ2n) is 9.49. The summed E-state index contributed by atoms with van der Waals surface area (Å²) in [6.07, 6.45) is -10.5. The highest BCUT2D eigenvalue weighted by Gasteiger charge is 2.95. The summed E-state index contributed by atoms with van der Waals surface area (Å²) < 4.78 is 240. The minimum Gasteiger partial charge on any atom is -0.493 e. The summed E-state index contributed by atoms with van der Waals surface area (Å²) in [7, 11) is 0.540. The van der Waals surface area contributed by atoms with Gasteiger partial charge in [0.25, 0.3) is 0 Å². The summed E-state index contributed by atoms with van der Waals surface area (Å²) in [5.41, 5.74) is -3.37. The lowest BCUT2D eigenvalue weighted by atomic mass is 9.83. The molecule has 1 unspecified atom stereocenters. The van der Waals surface area contributed by atoms with Crippen LogP contribution in [-0.4, -0.2) is 61.4 Å². The minimum absolute atomic E-state index is 0.00773. The third-order valence-corrected chi connectivity index (χ3v) is 5.85. The first kappa shape index (κ1) is 36.8. The molecule has 0 saturated heterocycles. The first-order valence-electron chi connectivity index (χ1n) is 10.9. The maximum atomic E-state index is 14.6. The van der Waals surface area contributed by atoms with Gasteiger partial charge in [-0.15, -0.1) is 0 Å². The van der Waals surface area contributed by atoms with Crippen LogP contribution in [0, 0.1) is 5.92 Å². The Morgan fingerprint density at radius 1 is 0.585 bits per heavy atom. The van der Waals surface area contributed by atoms with Gasteiger partial charge in [-0.1, -0.05) is 26.0 Å². The van der Waals surface area contributed by atoms with Crippen molar-refractivity contribution < 1.29 is 84.1 Å². The zero-order valence-corrected chi connectivity index (χ0v) is 21.0. The van der Waals surface area contributed by atoms with E-state index in [4.69, 9.17) is 4.74 Å². The highest BCUT2D eigenvalue weighted by molar-refractivity contribution is 5.31. The molecule has 0 aromatic heterocycles. The van der Waals surface area contributed by atoms with Crippen LogP contribution < -0.4 is 4.74 Å². The average Bonchev–Trinajstić information content (AvgIpc) is 2.81. The average molecular weight is 640 g/mol. The van der Waals surface area contributed by atoms with Crippen molar-refractivity contribution in [1.29, 1.82) is 0 Å². The van der Waals surface area contributed by atoms with Gasteiger partial charge in [0.15, 0.2) is 0 Å². The van der Waals surface area contributed by atoms with E-state index < -0.39 is 65.2 Å². The fourth-order valence-electron chi connectivity index (χ4n) is 3.19. The monoisotopic (exact) mass is 640 g/mol. The SMILES string of the molecule is COC(C)(CC(F)(F)C(F)(F)C(F)(F)C(F)(F)C(F)(F)C(F)(F)C(F)(F)C(F)(F)F)c1ccc(OCC(C)C)cc1. The van der Waals surface area contributed by atoms with Crippen molar-refractivity contribution in [3.63, 3.8) is 0 Å². The molecule has 41 heavy (non-hydrogen) atoms. The van der Waals surface area contributed by atoms with E-state index in [1.54, 1.807) is 13.8 Å². The number of ether oxygens (including phenoxy) is 2. The van der Waals surface area contributed by atoms with Crippen molar-refractivity contribution in [1.82, 2.24) is 0 Å². The van der Waals surface area contributed by atoms with Gasteiger partial charge >= 0.3 is 47.6 Å². The third-order valence-electron chi connectivity index (χ3n) is 5.85. The topological polar surface area (TPSA) is 18.5 Å². The smallest absolute Gasteiger partial charge is 0.460 e. The summed E-state index contributed by atoms with van der Waals surface area (Å²) >= 11 is 0. The van der Waals surface area contributed by atoms with Gasteiger partial charge in [0.05, 0.1) is 18.6 Å². The molecule has 0 aliphatic rings. The Morgan fingerprint density at radius 3 is 1.29 bits per heavy atom. The number of hydrogen-bond acceptors (Lipinski definition) is 2. The molecule has 240 valence electrons. The predicted octanol–water partition coefficient (Wildman–Crippen LogP) is 8.98. The lowest BCUT2D eigenvalue weighted by Gasteiger charge is -2.44. The molecule has 1 aromatic rings. The zero-order valence-electron chi connectivity index (χ0n) is 21.0. The Labute approximate surface area is 220 Å². The first-order chi connectivity index (χ1) is 17.9. The van der Waals surface area contributed by atoms with E-state index >= 15 is 0 Å². The van der Waals surface area contributed by atoms with Crippen LogP contribution in [0.2, 0.25) is 0 Å². The molecular formula is C22H21F17O2. The second-order valence-corrected chi connectivity index (χ2v) is 9.49. The van der Waals surface area contributed by atoms with Crippen molar-refractivity contribution in [2.75, 3.05) is 13.7 Å². The molecule has 0 aliphatic heterocycles. The number of alkyl halides is 17. The van der Waals surface area contributed by atoms with Gasteiger partial charge in [-0.2, -0.15) is 74.6 Å². The van der Waals surface area contributed by atoms with E-state index in [-0.39, 0.29) is 18.3 Å². The summed E-state index contributed by atoms with van der Waals surface area (Å²) in [5.74, 6) is -56.7. The van der Waals surface area contributed by atoms with Crippen LogP contribution >= 0.6 is 0 Å². The summed E-state index contributed by atoms with van der Waals surface area (Å²) in [6.45, 7) is 4.12. The molecule has 0 fully saturated rings. The van der Waals surface area contributed by atoms with E-state index in [1.165, 1.54) is 0 Å². The predicted molar refractivity (Wildman–Crippen MR) is 106 cm³/mol. The Hall–Kier alpha value is -2.21. The molecule has 0 radical (unpaired) electrons. The van der Waals surface area contributed by atoms with Crippen molar-refractivity contribution in [2.45, 2.75) is 80.4 Å². The number of rotatable bonds is 13. The molecule has 0 heterocycles. The van der Waals surface area contributed by atoms with Crippen molar-refractivity contribution in [3.05, 3.63) is 29.8 Å². The molecule has 0 N–H and O–H groups in total. The van der Waals surface area contributed by atoms with Gasteiger partial charge in [0, 0.05) is 7.11 Å². The molecule has 0 amide bonds. The van der Waals surface area contributed by atoms with Crippen LogP contribution in [0.4, 0.5) is 74.6 Å². The molecule has 1 rings (SSSR count). The van der Waals surface area contributed by atoms with Crippen LogP contribution in [0.5, 0.6) is 5.75 Å². The Kier molecular flexibility index (Phi) is 9.71.